The number of nitrogens with zero attached hydrogens (tertiary/aromatic N) is 1. The van der Waals surface area contributed by atoms with Crippen molar-refractivity contribution in [1.29, 1.82) is 0 Å². The standard InChI is InChI=1S/C28H30ClN3O6/c1-2-36-31-28(35)27-24(37-25(33)13-14-26(34)38-27)18-30-15-5-6-16-32-22-8-4-3-7-19(22)9-10-20-11-12-21(29)17-23(20)32/h3-4,7-8,11-14,17,30H,2,5-6,9-10,15-16,18H2,1H3,(H,31,35)/b14-13-,27-24+. The molecule has 1 amide bonds. The van der Waals surface area contributed by atoms with Crippen molar-refractivity contribution in [3.8, 4) is 0 Å². The van der Waals surface area contributed by atoms with E-state index >= 15 is 0 Å². The first-order chi connectivity index (χ1) is 18.5. The molecule has 2 aliphatic rings. The lowest BCUT2D eigenvalue weighted by molar-refractivity contribution is -0.145. The Morgan fingerprint density at radius 3 is 2.53 bits per heavy atom. The van der Waals surface area contributed by atoms with Gasteiger partial charge in [-0.1, -0.05) is 35.9 Å². The van der Waals surface area contributed by atoms with E-state index in [1.165, 1.54) is 16.8 Å². The number of unbranched alkanes of at least 4 members (excludes halogenated alkanes) is 1. The van der Waals surface area contributed by atoms with Crippen LogP contribution in [-0.2, 0) is 41.5 Å². The van der Waals surface area contributed by atoms with Gasteiger partial charge in [0, 0.05) is 35.1 Å². The molecule has 9 nitrogen and oxygen atoms in total. The van der Waals surface area contributed by atoms with Crippen LogP contribution >= 0.6 is 11.6 Å². The van der Waals surface area contributed by atoms with E-state index in [1.807, 2.05) is 18.2 Å². The Labute approximate surface area is 226 Å². The second kappa shape index (κ2) is 13.2. The number of esters is 2. The quantitative estimate of drug-likeness (QED) is 0.266. The number of rotatable bonds is 10. The molecule has 0 aliphatic carbocycles. The van der Waals surface area contributed by atoms with E-state index in [4.69, 9.17) is 25.9 Å². The maximum Gasteiger partial charge on any atom is 0.336 e. The van der Waals surface area contributed by atoms with Crippen LogP contribution in [0.2, 0.25) is 5.02 Å². The van der Waals surface area contributed by atoms with Gasteiger partial charge in [0.1, 0.15) is 0 Å². The van der Waals surface area contributed by atoms with Gasteiger partial charge < -0.3 is 19.7 Å². The first-order valence-electron chi connectivity index (χ1n) is 12.6. The van der Waals surface area contributed by atoms with Gasteiger partial charge in [-0.25, -0.2) is 15.1 Å². The van der Waals surface area contributed by atoms with Crippen LogP contribution in [0.3, 0.4) is 0 Å². The topological polar surface area (TPSA) is 106 Å². The van der Waals surface area contributed by atoms with Crippen LogP contribution in [0.5, 0.6) is 0 Å². The van der Waals surface area contributed by atoms with Gasteiger partial charge in [0.2, 0.25) is 5.76 Å². The molecule has 2 N–H and O–H groups in total. The summed E-state index contributed by atoms with van der Waals surface area (Å²) in [6, 6.07) is 14.5. The Balaban J connectivity index is 1.38. The van der Waals surface area contributed by atoms with E-state index in [2.05, 4.69) is 40.0 Å². The van der Waals surface area contributed by atoms with Crippen molar-refractivity contribution >= 4 is 40.8 Å². The molecule has 0 saturated carbocycles. The summed E-state index contributed by atoms with van der Waals surface area (Å²) in [5.74, 6) is -2.99. The molecule has 2 aromatic carbocycles. The number of carbonyl (C=O) groups is 3. The number of ether oxygens (including phenoxy) is 2. The molecule has 0 radical (unpaired) electrons. The van der Waals surface area contributed by atoms with Crippen molar-refractivity contribution in [3.05, 3.63) is 82.3 Å². The number of cyclic esters (lactones) is 2. The second-order valence-corrected chi connectivity index (χ2v) is 9.17. The Morgan fingerprint density at radius 2 is 1.74 bits per heavy atom. The fourth-order valence-corrected chi connectivity index (χ4v) is 4.52. The maximum atomic E-state index is 12.4. The molecular formula is C28H30ClN3O6. The van der Waals surface area contributed by atoms with Crippen LogP contribution in [0.25, 0.3) is 0 Å². The van der Waals surface area contributed by atoms with Crippen molar-refractivity contribution < 1.29 is 28.7 Å². The van der Waals surface area contributed by atoms with E-state index in [0.717, 1.165) is 50.1 Å². The molecule has 200 valence electrons. The van der Waals surface area contributed by atoms with Gasteiger partial charge in [-0.2, -0.15) is 0 Å². The van der Waals surface area contributed by atoms with E-state index in [-0.39, 0.29) is 18.9 Å². The number of halogens is 1. The number of para-hydroxylation sites is 1. The normalized spacial score (nSPS) is 17.8. The van der Waals surface area contributed by atoms with E-state index < -0.39 is 23.6 Å². The molecule has 0 bridgehead atoms. The number of aryl methyl sites for hydroxylation is 2. The van der Waals surface area contributed by atoms with E-state index in [9.17, 15) is 14.4 Å². The summed E-state index contributed by atoms with van der Waals surface area (Å²) in [4.78, 5) is 43.5. The second-order valence-electron chi connectivity index (χ2n) is 8.73. The van der Waals surface area contributed by atoms with Gasteiger partial charge in [-0.15, -0.1) is 0 Å². The lowest BCUT2D eigenvalue weighted by Crippen LogP contribution is -2.32. The number of hydrogen-bond acceptors (Lipinski definition) is 8. The fourth-order valence-electron chi connectivity index (χ4n) is 4.35. The van der Waals surface area contributed by atoms with Gasteiger partial charge in [0.05, 0.1) is 13.2 Å². The Morgan fingerprint density at radius 1 is 1.00 bits per heavy atom. The summed E-state index contributed by atoms with van der Waals surface area (Å²) in [7, 11) is 0. The van der Waals surface area contributed by atoms with E-state index in [0.29, 0.717) is 11.6 Å². The highest BCUT2D eigenvalue weighted by atomic mass is 35.5. The third-order valence-corrected chi connectivity index (χ3v) is 6.34. The Bertz CT molecular complexity index is 1260. The molecule has 10 heteroatoms. The molecule has 2 heterocycles. The number of carbonyl (C=O) groups excluding carboxylic acids is 3. The zero-order chi connectivity index (χ0) is 26.9. The summed E-state index contributed by atoms with van der Waals surface area (Å²) >= 11 is 6.35. The third kappa shape index (κ3) is 7.00. The monoisotopic (exact) mass is 539 g/mol. The molecule has 4 rings (SSSR count). The number of hydroxylamine groups is 1. The highest BCUT2D eigenvalue weighted by Gasteiger charge is 2.25. The first kappa shape index (κ1) is 27.4. The summed E-state index contributed by atoms with van der Waals surface area (Å²) in [5, 5.41) is 3.87. The van der Waals surface area contributed by atoms with Gasteiger partial charge >= 0.3 is 17.8 Å². The highest BCUT2D eigenvalue weighted by Crippen LogP contribution is 2.37. The molecule has 0 saturated heterocycles. The van der Waals surface area contributed by atoms with Crippen LogP contribution in [-0.4, -0.2) is 44.1 Å². The summed E-state index contributed by atoms with van der Waals surface area (Å²) < 4.78 is 10.3. The summed E-state index contributed by atoms with van der Waals surface area (Å²) in [6.07, 6.45) is 5.43. The SMILES string of the molecule is CCONC(=O)/C1=C(/CNCCCCN2c3ccccc3CCc3ccc(Cl)cc32)OC(=O)/C=C\C(=O)O1. The largest absolute Gasteiger partial charge is 0.422 e. The molecule has 2 aliphatic heterocycles. The minimum Gasteiger partial charge on any atom is -0.422 e. The van der Waals surface area contributed by atoms with Crippen LogP contribution in [0.1, 0.15) is 30.9 Å². The first-order valence-corrected chi connectivity index (χ1v) is 13.0. The van der Waals surface area contributed by atoms with Crippen molar-refractivity contribution in [2.75, 3.05) is 31.1 Å². The highest BCUT2D eigenvalue weighted by molar-refractivity contribution is 6.30. The van der Waals surface area contributed by atoms with Crippen LogP contribution in [0.4, 0.5) is 11.4 Å². The average Bonchev–Trinajstić information content (AvgIpc) is 3.06. The molecule has 2 aromatic rings. The minimum absolute atomic E-state index is 0.00667. The van der Waals surface area contributed by atoms with Crippen molar-refractivity contribution in [1.82, 2.24) is 10.8 Å². The number of anilines is 2. The van der Waals surface area contributed by atoms with Crippen molar-refractivity contribution in [2.45, 2.75) is 32.6 Å². The summed E-state index contributed by atoms with van der Waals surface area (Å²) in [5.41, 5.74) is 7.04. The molecule has 0 fully saturated rings. The predicted molar refractivity (Wildman–Crippen MR) is 143 cm³/mol. The Kier molecular flexibility index (Phi) is 9.53. The number of benzene rings is 2. The molecule has 0 aromatic heterocycles. The molecule has 0 atom stereocenters. The Hall–Kier alpha value is -3.66. The van der Waals surface area contributed by atoms with Gasteiger partial charge in [0.15, 0.2) is 5.76 Å². The number of nitrogens with one attached hydrogen (secondary N) is 2. The van der Waals surface area contributed by atoms with Crippen LogP contribution in [0.15, 0.2) is 66.1 Å². The number of fused-ring (bicyclic) bond motifs is 2. The maximum absolute atomic E-state index is 12.4. The van der Waals surface area contributed by atoms with E-state index in [1.54, 1.807) is 6.92 Å². The zero-order valence-electron chi connectivity index (χ0n) is 21.1. The predicted octanol–water partition coefficient (Wildman–Crippen LogP) is 3.88. The number of amides is 1. The molecular weight excluding hydrogens is 510 g/mol. The van der Waals surface area contributed by atoms with Crippen molar-refractivity contribution in [3.63, 3.8) is 0 Å². The minimum atomic E-state index is -0.862. The van der Waals surface area contributed by atoms with Gasteiger partial charge in [-0.3, -0.25) is 9.63 Å². The zero-order valence-corrected chi connectivity index (χ0v) is 21.9. The molecule has 0 spiro atoms. The third-order valence-electron chi connectivity index (χ3n) is 6.11. The molecule has 38 heavy (non-hydrogen) atoms. The van der Waals surface area contributed by atoms with Gasteiger partial charge in [-0.05, 0) is 68.5 Å². The van der Waals surface area contributed by atoms with Crippen molar-refractivity contribution in [2.24, 2.45) is 0 Å². The smallest absolute Gasteiger partial charge is 0.336 e. The lowest BCUT2D eigenvalue weighted by Gasteiger charge is -2.27. The fraction of sp³-hybridized carbons (Fsp3) is 0.321. The summed E-state index contributed by atoms with van der Waals surface area (Å²) in [6.45, 7) is 3.25. The van der Waals surface area contributed by atoms with Crippen LogP contribution in [0, 0.1) is 0 Å². The van der Waals surface area contributed by atoms with Crippen LogP contribution < -0.4 is 15.7 Å². The molecule has 0 unspecified atom stereocenters. The number of hydrogen-bond donors (Lipinski definition) is 2. The van der Waals surface area contributed by atoms with Gasteiger partial charge in [0.25, 0.3) is 0 Å². The average molecular weight is 540 g/mol. The lowest BCUT2D eigenvalue weighted by atomic mass is 10.0.